The zero-order valence-corrected chi connectivity index (χ0v) is 14.3. The van der Waals surface area contributed by atoms with Crippen LogP contribution in [0.15, 0.2) is 30.3 Å². The molecular weight excluding hydrogens is 304 g/mol. The van der Waals surface area contributed by atoms with Crippen molar-refractivity contribution in [2.24, 2.45) is 5.92 Å². The Morgan fingerprint density at radius 3 is 2.58 bits per heavy atom. The summed E-state index contributed by atoms with van der Waals surface area (Å²) in [4.78, 5) is 28.1. The lowest BCUT2D eigenvalue weighted by molar-refractivity contribution is -0.138. The standard InChI is InChI=1S/C19H26N2O3/c1-15(17-9-5-6-10-17)21-12-11-20(13-18(21)22)19(23)24-14-16-7-3-2-4-8-16/h2-4,7-8,15,17H,5-6,9-14H2,1H3. The zero-order chi connectivity index (χ0) is 16.9. The molecule has 1 aromatic rings. The highest BCUT2D eigenvalue weighted by atomic mass is 16.6. The molecule has 1 unspecified atom stereocenters. The first kappa shape index (κ1) is 16.8. The summed E-state index contributed by atoms with van der Waals surface area (Å²) in [5.74, 6) is 0.655. The van der Waals surface area contributed by atoms with Gasteiger partial charge in [0.05, 0.1) is 0 Å². The van der Waals surface area contributed by atoms with E-state index in [0.29, 0.717) is 19.0 Å². The van der Waals surface area contributed by atoms with Gasteiger partial charge in [0.25, 0.3) is 0 Å². The highest BCUT2D eigenvalue weighted by Crippen LogP contribution is 2.30. The molecule has 1 saturated heterocycles. The second-order valence-electron chi connectivity index (χ2n) is 6.83. The lowest BCUT2D eigenvalue weighted by Crippen LogP contribution is -2.56. The van der Waals surface area contributed by atoms with Crippen LogP contribution >= 0.6 is 0 Å². The number of carbonyl (C=O) groups excluding carboxylic acids is 2. The summed E-state index contributed by atoms with van der Waals surface area (Å²) in [5, 5.41) is 0. The van der Waals surface area contributed by atoms with Gasteiger partial charge < -0.3 is 9.64 Å². The van der Waals surface area contributed by atoms with Gasteiger partial charge in [-0.2, -0.15) is 0 Å². The van der Waals surface area contributed by atoms with Gasteiger partial charge in [0, 0.05) is 19.1 Å². The fourth-order valence-corrected chi connectivity index (χ4v) is 3.78. The van der Waals surface area contributed by atoms with E-state index in [2.05, 4.69) is 6.92 Å². The maximum Gasteiger partial charge on any atom is 0.410 e. The van der Waals surface area contributed by atoms with E-state index < -0.39 is 6.09 Å². The van der Waals surface area contributed by atoms with E-state index in [1.54, 1.807) is 0 Å². The quantitative estimate of drug-likeness (QED) is 0.852. The van der Waals surface area contributed by atoms with Crippen LogP contribution in [0.4, 0.5) is 4.79 Å². The van der Waals surface area contributed by atoms with Crippen LogP contribution in [-0.2, 0) is 16.1 Å². The molecule has 1 aliphatic heterocycles. The molecule has 1 atom stereocenters. The predicted molar refractivity (Wildman–Crippen MR) is 91.3 cm³/mol. The highest BCUT2D eigenvalue weighted by molar-refractivity contribution is 5.83. The minimum absolute atomic E-state index is 0.0392. The minimum atomic E-state index is -0.402. The van der Waals surface area contributed by atoms with E-state index in [4.69, 9.17) is 4.74 Å². The van der Waals surface area contributed by atoms with E-state index in [-0.39, 0.29) is 25.1 Å². The maximum absolute atomic E-state index is 12.5. The summed E-state index contributed by atoms with van der Waals surface area (Å²) in [7, 11) is 0. The largest absolute Gasteiger partial charge is 0.445 e. The Labute approximate surface area is 143 Å². The molecule has 130 valence electrons. The predicted octanol–water partition coefficient (Wildman–Crippen LogP) is 3.05. The molecule has 0 bridgehead atoms. The highest BCUT2D eigenvalue weighted by Gasteiger charge is 2.34. The van der Waals surface area contributed by atoms with Crippen LogP contribution < -0.4 is 0 Å². The molecule has 1 heterocycles. The maximum atomic E-state index is 12.5. The van der Waals surface area contributed by atoms with Crippen molar-refractivity contribution in [1.29, 1.82) is 0 Å². The Morgan fingerprint density at radius 1 is 1.21 bits per heavy atom. The Bertz CT molecular complexity index is 569. The summed E-state index contributed by atoms with van der Waals surface area (Å²) in [6.45, 7) is 3.68. The van der Waals surface area contributed by atoms with Crippen molar-refractivity contribution in [2.75, 3.05) is 19.6 Å². The summed E-state index contributed by atoms with van der Waals surface area (Å²) in [6.07, 6.45) is 4.58. The number of rotatable bonds is 4. The van der Waals surface area contributed by atoms with Crippen molar-refractivity contribution < 1.29 is 14.3 Å². The van der Waals surface area contributed by atoms with Crippen molar-refractivity contribution in [3.05, 3.63) is 35.9 Å². The van der Waals surface area contributed by atoms with Gasteiger partial charge >= 0.3 is 6.09 Å². The molecule has 0 N–H and O–H groups in total. The number of nitrogens with zero attached hydrogens (tertiary/aromatic N) is 2. The van der Waals surface area contributed by atoms with Gasteiger partial charge in [0.1, 0.15) is 13.2 Å². The van der Waals surface area contributed by atoms with Gasteiger partial charge in [0.2, 0.25) is 5.91 Å². The van der Waals surface area contributed by atoms with Crippen LogP contribution in [-0.4, -0.2) is 47.5 Å². The Balaban J connectivity index is 1.49. The van der Waals surface area contributed by atoms with Crippen LogP contribution in [0.25, 0.3) is 0 Å². The first-order valence-electron chi connectivity index (χ1n) is 8.90. The zero-order valence-electron chi connectivity index (χ0n) is 14.3. The number of benzene rings is 1. The molecule has 3 rings (SSSR count). The Kier molecular flexibility index (Phi) is 5.38. The van der Waals surface area contributed by atoms with E-state index in [1.165, 1.54) is 30.6 Å². The molecule has 24 heavy (non-hydrogen) atoms. The molecular formula is C19H26N2O3. The summed E-state index contributed by atoms with van der Waals surface area (Å²) in [5.41, 5.74) is 0.950. The molecule has 0 spiro atoms. The summed E-state index contributed by atoms with van der Waals surface area (Å²) >= 11 is 0. The number of piperazine rings is 1. The van der Waals surface area contributed by atoms with E-state index in [9.17, 15) is 9.59 Å². The monoisotopic (exact) mass is 330 g/mol. The number of hydrogen-bond acceptors (Lipinski definition) is 3. The Morgan fingerprint density at radius 2 is 1.92 bits per heavy atom. The Hall–Kier alpha value is -2.04. The number of carbonyl (C=O) groups is 2. The third-order valence-corrected chi connectivity index (χ3v) is 5.29. The third kappa shape index (κ3) is 3.89. The molecule has 2 amide bonds. The third-order valence-electron chi connectivity index (χ3n) is 5.29. The van der Waals surface area contributed by atoms with Crippen molar-refractivity contribution in [3.63, 3.8) is 0 Å². The lowest BCUT2D eigenvalue weighted by Gasteiger charge is -2.39. The van der Waals surface area contributed by atoms with Gasteiger partial charge in [-0.3, -0.25) is 9.69 Å². The molecule has 0 radical (unpaired) electrons. The van der Waals surface area contributed by atoms with Gasteiger partial charge in [-0.15, -0.1) is 0 Å². The molecule has 1 aromatic carbocycles. The van der Waals surface area contributed by atoms with E-state index >= 15 is 0 Å². The molecule has 5 heteroatoms. The number of hydrogen-bond donors (Lipinski definition) is 0. The van der Waals surface area contributed by atoms with Crippen LogP contribution in [0.1, 0.15) is 38.2 Å². The fraction of sp³-hybridized carbons (Fsp3) is 0.579. The molecule has 0 aromatic heterocycles. The fourth-order valence-electron chi connectivity index (χ4n) is 3.78. The normalized spacial score (nSPS) is 20.3. The van der Waals surface area contributed by atoms with Crippen molar-refractivity contribution in [3.8, 4) is 0 Å². The molecule has 2 fully saturated rings. The minimum Gasteiger partial charge on any atom is -0.445 e. The molecule has 2 aliphatic rings. The molecule has 1 aliphatic carbocycles. The van der Waals surface area contributed by atoms with Crippen LogP contribution in [0, 0.1) is 5.92 Å². The second kappa shape index (κ2) is 7.69. The van der Waals surface area contributed by atoms with Gasteiger partial charge in [-0.1, -0.05) is 43.2 Å². The molecule has 5 nitrogen and oxygen atoms in total. The average Bonchev–Trinajstić information content (AvgIpc) is 3.14. The van der Waals surface area contributed by atoms with Crippen LogP contribution in [0.5, 0.6) is 0 Å². The van der Waals surface area contributed by atoms with Gasteiger partial charge in [-0.25, -0.2) is 4.79 Å². The summed E-state index contributed by atoms with van der Waals surface area (Å²) < 4.78 is 5.33. The average molecular weight is 330 g/mol. The van der Waals surface area contributed by atoms with Crippen LogP contribution in [0.2, 0.25) is 0 Å². The summed E-state index contributed by atoms with van der Waals surface area (Å²) in [6, 6.07) is 9.86. The van der Waals surface area contributed by atoms with Gasteiger partial charge in [-0.05, 0) is 31.2 Å². The van der Waals surface area contributed by atoms with Gasteiger partial charge in [0.15, 0.2) is 0 Å². The second-order valence-corrected chi connectivity index (χ2v) is 6.83. The first-order chi connectivity index (χ1) is 11.6. The van der Waals surface area contributed by atoms with E-state index in [0.717, 1.165) is 5.56 Å². The van der Waals surface area contributed by atoms with Crippen molar-refractivity contribution >= 4 is 12.0 Å². The topological polar surface area (TPSA) is 49.9 Å². The van der Waals surface area contributed by atoms with Crippen LogP contribution in [0.3, 0.4) is 0 Å². The van der Waals surface area contributed by atoms with Crippen molar-refractivity contribution in [2.45, 2.75) is 45.3 Å². The van der Waals surface area contributed by atoms with E-state index in [1.807, 2.05) is 35.2 Å². The number of ether oxygens (including phenoxy) is 1. The lowest BCUT2D eigenvalue weighted by atomic mass is 9.97. The van der Waals surface area contributed by atoms with Crippen molar-refractivity contribution in [1.82, 2.24) is 9.80 Å². The molecule has 1 saturated carbocycles. The first-order valence-corrected chi connectivity index (χ1v) is 8.90. The smallest absolute Gasteiger partial charge is 0.410 e. The SMILES string of the molecule is CC(C1CCCC1)N1CCN(C(=O)OCc2ccccc2)CC1=O. The number of amides is 2.